The lowest BCUT2D eigenvalue weighted by molar-refractivity contribution is 0.0996. The lowest BCUT2D eigenvalue weighted by Crippen LogP contribution is -2.39. The number of amides is 2. The van der Waals surface area contributed by atoms with Crippen molar-refractivity contribution in [3.8, 4) is 5.88 Å². The van der Waals surface area contributed by atoms with Crippen molar-refractivity contribution in [3.05, 3.63) is 16.7 Å². The summed E-state index contributed by atoms with van der Waals surface area (Å²) < 4.78 is 5.07. The van der Waals surface area contributed by atoms with E-state index in [0.717, 1.165) is 25.7 Å². The second kappa shape index (κ2) is 7.36. The Balaban J connectivity index is 2.04. The van der Waals surface area contributed by atoms with Gasteiger partial charge in [-0.25, -0.2) is 4.79 Å². The van der Waals surface area contributed by atoms with Gasteiger partial charge in [-0.1, -0.05) is 11.6 Å². The third-order valence-corrected chi connectivity index (χ3v) is 4.08. The van der Waals surface area contributed by atoms with E-state index in [1.165, 1.54) is 13.2 Å². The van der Waals surface area contributed by atoms with E-state index in [4.69, 9.17) is 27.2 Å². The average Bonchev–Trinajstić information content (AvgIpc) is 2.50. The second-order valence-electron chi connectivity index (χ2n) is 5.38. The number of hydrogen-bond donors (Lipinski definition) is 4. The molecule has 2 amide bonds. The van der Waals surface area contributed by atoms with Crippen molar-refractivity contribution in [3.63, 3.8) is 0 Å². The van der Waals surface area contributed by atoms with E-state index in [0.29, 0.717) is 5.82 Å². The van der Waals surface area contributed by atoms with Crippen molar-refractivity contribution >= 4 is 29.4 Å². The maximum absolute atomic E-state index is 11.3. The minimum Gasteiger partial charge on any atom is -0.480 e. The highest BCUT2D eigenvalue weighted by Crippen LogP contribution is 2.29. The van der Waals surface area contributed by atoms with E-state index in [-0.39, 0.29) is 28.5 Å². The molecule has 1 heterocycles. The smallest absolute Gasteiger partial charge is 0.404 e. The lowest BCUT2D eigenvalue weighted by atomic mass is 9.91. The highest BCUT2D eigenvalue weighted by molar-refractivity contribution is 6.33. The SMILES string of the molecule is COc1nc(NC2CCC(NC(=O)O)CC2)c(Cl)cc1C(N)=O. The molecule has 0 atom stereocenters. The lowest BCUT2D eigenvalue weighted by Gasteiger charge is -2.29. The number of methoxy groups -OCH3 is 1. The minimum absolute atomic E-state index is 0.0271. The molecule has 2 rings (SSSR count). The van der Waals surface area contributed by atoms with Crippen LogP contribution in [-0.4, -0.2) is 41.3 Å². The van der Waals surface area contributed by atoms with Crippen molar-refractivity contribution in [2.75, 3.05) is 12.4 Å². The summed E-state index contributed by atoms with van der Waals surface area (Å²) in [5, 5.41) is 14.7. The number of carboxylic acid groups (broad SMARTS) is 1. The van der Waals surface area contributed by atoms with Crippen LogP contribution in [-0.2, 0) is 0 Å². The summed E-state index contributed by atoms with van der Waals surface area (Å²) in [5.41, 5.74) is 5.38. The molecular formula is C14H19ClN4O4. The molecule has 0 bridgehead atoms. The van der Waals surface area contributed by atoms with Crippen LogP contribution in [0.1, 0.15) is 36.0 Å². The summed E-state index contributed by atoms with van der Waals surface area (Å²) in [6, 6.07) is 1.52. The molecule has 1 saturated carbocycles. The van der Waals surface area contributed by atoms with Gasteiger partial charge < -0.3 is 26.2 Å². The number of carbonyl (C=O) groups excluding carboxylic acids is 1. The van der Waals surface area contributed by atoms with Crippen LogP contribution in [0.2, 0.25) is 5.02 Å². The number of ether oxygens (including phenoxy) is 1. The fraction of sp³-hybridized carbons (Fsp3) is 0.500. The highest BCUT2D eigenvalue weighted by atomic mass is 35.5. The zero-order valence-corrected chi connectivity index (χ0v) is 13.4. The molecule has 0 aromatic carbocycles. The van der Waals surface area contributed by atoms with Crippen LogP contribution in [0, 0.1) is 0 Å². The molecule has 5 N–H and O–H groups in total. The van der Waals surface area contributed by atoms with E-state index in [2.05, 4.69) is 15.6 Å². The van der Waals surface area contributed by atoms with Crippen molar-refractivity contribution in [2.24, 2.45) is 5.73 Å². The number of rotatable bonds is 5. The monoisotopic (exact) mass is 342 g/mol. The summed E-state index contributed by atoms with van der Waals surface area (Å²) in [6.07, 6.45) is 2.03. The summed E-state index contributed by atoms with van der Waals surface area (Å²) in [5.74, 6) is -0.128. The first-order chi connectivity index (χ1) is 10.9. The highest BCUT2D eigenvalue weighted by Gasteiger charge is 2.24. The number of hydrogen-bond acceptors (Lipinski definition) is 5. The molecule has 1 fully saturated rings. The van der Waals surface area contributed by atoms with E-state index in [9.17, 15) is 9.59 Å². The summed E-state index contributed by atoms with van der Waals surface area (Å²) in [6.45, 7) is 0. The number of nitrogens with one attached hydrogen (secondary N) is 2. The average molecular weight is 343 g/mol. The standard InChI is InChI=1S/C14H19ClN4O4/c1-23-13-9(11(16)20)6-10(15)12(19-13)17-7-2-4-8(5-3-7)18-14(21)22/h6-8,18H,2-5H2,1H3,(H2,16,20)(H,17,19)(H,21,22). The van der Waals surface area contributed by atoms with Crippen molar-refractivity contribution in [1.82, 2.24) is 10.3 Å². The Bertz CT molecular complexity index is 603. The maximum atomic E-state index is 11.3. The van der Waals surface area contributed by atoms with E-state index >= 15 is 0 Å². The third kappa shape index (κ3) is 4.38. The first-order valence-corrected chi connectivity index (χ1v) is 7.58. The van der Waals surface area contributed by atoms with Gasteiger partial charge in [0.05, 0.1) is 12.1 Å². The molecule has 0 saturated heterocycles. The van der Waals surface area contributed by atoms with E-state index in [1.807, 2.05) is 0 Å². The van der Waals surface area contributed by atoms with E-state index in [1.54, 1.807) is 0 Å². The normalized spacial score (nSPS) is 20.6. The fourth-order valence-corrected chi connectivity index (χ4v) is 2.86. The van der Waals surface area contributed by atoms with Crippen LogP contribution in [0.25, 0.3) is 0 Å². The Labute approximate surface area is 138 Å². The topological polar surface area (TPSA) is 127 Å². The fourth-order valence-electron chi connectivity index (χ4n) is 2.66. The maximum Gasteiger partial charge on any atom is 0.404 e. The Kier molecular flexibility index (Phi) is 5.49. The minimum atomic E-state index is -1.00. The van der Waals surface area contributed by atoms with Gasteiger partial charge >= 0.3 is 6.09 Å². The Morgan fingerprint density at radius 1 is 1.35 bits per heavy atom. The Hall–Kier alpha value is -2.22. The first kappa shape index (κ1) is 17.1. The van der Waals surface area contributed by atoms with Crippen LogP contribution in [0.4, 0.5) is 10.6 Å². The van der Waals surface area contributed by atoms with Crippen LogP contribution in [0.3, 0.4) is 0 Å². The molecule has 1 aliphatic carbocycles. The van der Waals surface area contributed by atoms with Crippen molar-refractivity contribution in [2.45, 2.75) is 37.8 Å². The zero-order valence-electron chi connectivity index (χ0n) is 12.6. The zero-order chi connectivity index (χ0) is 17.0. The molecule has 0 aliphatic heterocycles. The molecule has 1 aliphatic rings. The second-order valence-corrected chi connectivity index (χ2v) is 5.79. The van der Waals surface area contributed by atoms with Crippen molar-refractivity contribution in [1.29, 1.82) is 0 Å². The number of nitrogens with two attached hydrogens (primary N) is 1. The largest absolute Gasteiger partial charge is 0.480 e. The van der Waals surface area contributed by atoms with E-state index < -0.39 is 12.0 Å². The number of nitrogens with zero attached hydrogens (tertiary/aromatic N) is 1. The van der Waals surface area contributed by atoms with Gasteiger partial charge in [-0.3, -0.25) is 4.79 Å². The first-order valence-electron chi connectivity index (χ1n) is 7.21. The van der Waals surface area contributed by atoms with Gasteiger partial charge in [0, 0.05) is 12.1 Å². The number of pyridine rings is 1. The molecule has 1 aromatic heterocycles. The molecule has 8 nitrogen and oxygen atoms in total. The van der Waals surface area contributed by atoms with Crippen LogP contribution in [0.5, 0.6) is 5.88 Å². The van der Waals surface area contributed by atoms with Gasteiger partial charge in [-0.2, -0.15) is 4.98 Å². The molecular weight excluding hydrogens is 324 g/mol. The van der Waals surface area contributed by atoms with Gasteiger partial charge in [0.25, 0.3) is 5.91 Å². The van der Waals surface area contributed by atoms with Gasteiger partial charge in [0.1, 0.15) is 11.4 Å². The molecule has 9 heteroatoms. The summed E-state index contributed by atoms with van der Waals surface area (Å²) >= 11 is 6.14. The predicted octanol–water partition coefficient (Wildman–Crippen LogP) is 1.83. The molecule has 0 unspecified atom stereocenters. The van der Waals surface area contributed by atoms with Crippen LogP contribution < -0.4 is 21.1 Å². The quantitative estimate of drug-likeness (QED) is 0.646. The Morgan fingerprint density at radius 3 is 2.48 bits per heavy atom. The number of primary amides is 1. The molecule has 1 aromatic rings. The van der Waals surface area contributed by atoms with Gasteiger partial charge in [-0.05, 0) is 31.7 Å². The van der Waals surface area contributed by atoms with Crippen molar-refractivity contribution < 1.29 is 19.4 Å². The van der Waals surface area contributed by atoms with Gasteiger partial charge in [-0.15, -0.1) is 0 Å². The molecule has 23 heavy (non-hydrogen) atoms. The number of carbonyl (C=O) groups is 2. The predicted molar refractivity (Wildman–Crippen MR) is 85.1 cm³/mol. The van der Waals surface area contributed by atoms with Crippen LogP contribution >= 0.6 is 11.6 Å². The van der Waals surface area contributed by atoms with Crippen LogP contribution in [0.15, 0.2) is 6.07 Å². The third-order valence-electron chi connectivity index (χ3n) is 3.80. The number of anilines is 1. The summed E-state index contributed by atoms with van der Waals surface area (Å²) in [7, 11) is 1.40. The summed E-state index contributed by atoms with van der Waals surface area (Å²) in [4.78, 5) is 26.2. The molecule has 0 radical (unpaired) electrons. The number of aromatic nitrogens is 1. The molecule has 126 valence electrons. The molecule has 0 spiro atoms. The Morgan fingerprint density at radius 2 is 1.96 bits per heavy atom. The van der Waals surface area contributed by atoms with Gasteiger partial charge in [0.2, 0.25) is 5.88 Å². The number of halogens is 1. The van der Waals surface area contributed by atoms with Gasteiger partial charge in [0.15, 0.2) is 0 Å².